The van der Waals surface area contributed by atoms with Crippen LogP contribution in [0.25, 0.3) is 11.8 Å². The summed E-state index contributed by atoms with van der Waals surface area (Å²) in [5, 5.41) is 12.6. The summed E-state index contributed by atoms with van der Waals surface area (Å²) >= 11 is 0.619. The second kappa shape index (κ2) is 9.27. The standard InChI is InChI=1S/C22H14F2N4O5S/c23-13-6-7-18(17(24)9-13)25-20(29)12-27-21(30)19(34-22(27)31)11-15-5-2-8-26(15)14-3-1-4-16(10-14)28(32)33/h1-11H,12H2,(H,25,29). The summed E-state index contributed by atoms with van der Waals surface area (Å²) in [6.45, 7) is -0.662. The smallest absolute Gasteiger partial charge is 0.294 e. The lowest BCUT2D eigenvalue weighted by molar-refractivity contribution is -0.384. The van der Waals surface area contributed by atoms with E-state index in [0.29, 0.717) is 34.1 Å². The molecule has 0 unspecified atom stereocenters. The van der Waals surface area contributed by atoms with E-state index >= 15 is 0 Å². The van der Waals surface area contributed by atoms with Gasteiger partial charge in [-0.1, -0.05) is 6.07 Å². The Bertz CT molecular complexity index is 1370. The van der Waals surface area contributed by atoms with Crippen LogP contribution >= 0.6 is 11.8 Å². The molecule has 1 fully saturated rings. The molecule has 0 radical (unpaired) electrons. The van der Waals surface area contributed by atoms with Crippen molar-refractivity contribution in [2.45, 2.75) is 0 Å². The largest absolute Gasteiger partial charge is 0.322 e. The molecule has 9 nitrogen and oxygen atoms in total. The average molecular weight is 484 g/mol. The van der Waals surface area contributed by atoms with E-state index in [4.69, 9.17) is 0 Å². The normalized spacial score (nSPS) is 14.6. The summed E-state index contributed by atoms with van der Waals surface area (Å²) in [7, 11) is 0. The second-order valence-corrected chi connectivity index (χ2v) is 8.01. The van der Waals surface area contributed by atoms with Gasteiger partial charge in [-0.2, -0.15) is 0 Å². The number of hydrogen-bond acceptors (Lipinski definition) is 6. The molecule has 0 atom stereocenters. The minimum atomic E-state index is -0.996. The van der Waals surface area contributed by atoms with Crippen LogP contribution in [0.4, 0.5) is 25.0 Å². The Balaban J connectivity index is 1.52. The van der Waals surface area contributed by atoms with Crippen LogP contribution in [0.5, 0.6) is 0 Å². The number of imide groups is 1. The lowest BCUT2D eigenvalue weighted by Crippen LogP contribution is -2.36. The van der Waals surface area contributed by atoms with Crippen molar-refractivity contribution in [1.29, 1.82) is 0 Å². The zero-order valence-corrected chi connectivity index (χ0v) is 17.9. The van der Waals surface area contributed by atoms with Crippen LogP contribution < -0.4 is 5.32 Å². The van der Waals surface area contributed by atoms with E-state index in [-0.39, 0.29) is 16.3 Å². The number of carbonyl (C=O) groups excluding carboxylic acids is 3. The summed E-state index contributed by atoms with van der Waals surface area (Å²) in [5.41, 5.74) is 0.555. The molecule has 1 saturated heterocycles. The van der Waals surface area contributed by atoms with Gasteiger partial charge in [-0.05, 0) is 48.2 Å². The van der Waals surface area contributed by atoms with Crippen molar-refractivity contribution in [2.24, 2.45) is 0 Å². The molecule has 1 aliphatic heterocycles. The van der Waals surface area contributed by atoms with Crippen LogP contribution in [-0.4, -0.2) is 38.0 Å². The molecule has 1 N–H and O–H groups in total. The van der Waals surface area contributed by atoms with Crippen molar-refractivity contribution < 1.29 is 28.1 Å². The van der Waals surface area contributed by atoms with Gasteiger partial charge in [0, 0.05) is 30.1 Å². The Hall–Kier alpha value is -4.32. The number of benzene rings is 2. The first kappa shape index (κ1) is 22.9. The van der Waals surface area contributed by atoms with Gasteiger partial charge >= 0.3 is 0 Å². The summed E-state index contributed by atoms with van der Waals surface area (Å²) in [6.07, 6.45) is 3.07. The van der Waals surface area contributed by atoms with Crippen molar-refractivity contribution in [2.75, 3.05) is 11.9 Å². The predicted octanol–water partition coefficient (Wildman–Crippen LogP) is 4.34. The van der Waals surface area contributed by atoms with E-state index < -0.39 is 40.2 Å². The van der Waals surface area contributed by atoms with Crippen molar-refractivity contribution in [3.8, 4) is 5.69 Å². The van der Waals surface area contributed by atoms with Crippen LogP contribution in [0.15, 0.2) is 65.7 Å². The molecule has 0 spiro atoms. The number of halogens is 2. The van der Waals surface area contributed by atoms with E-state index in [1.165, 1.54) is 24.3 Å². The molecule has 2 heterocycles. The first-order valence-electron chi connectivity index (χ1n) is 9.65. The van der Waals surface area contributed by atoms with Gasteiger partial charge in [0.15, 0.2) is 0 Å². The van der Waals surface area contributed by atoms with Crippen LogP contribution in [0.2, 0.25) is 0 Å². The maximum Gasteiger partial charge on any atom is 0.294 e. The quantitative estimate of drug-likeness (QED) is 0.316. The number of rotatable bonds is 6. The summed E-state index contributed by atoms with van der Waals surface area (Å²) in [4.78, 5) is 48.6. The third-order valence-corrected chi connectivity index (χ3v) is 5.67. The lowest BCUT2D eigenvalue weighted by Gasteiger charge is -2.13. The monoisotopic (exact) mass is 484 g/mol. The fourth-order valence-electron chi connectivity index (χ4n) is 3.20. The number of nitro benzene ring substituents is 1. The maximum absolute atomic E-state index is 13.7. The molecule has 0 bridgehead atoms. The highest BCUT2D eigenvalue weighted by molar-refractivity contribution is 8.18. The molecule has 4 rings (SSSR count). The van der Waals surface area contributed by atoms with Crippen LogP contribution in [0, 0.1) is 21.7 Å². The Morgan fingerprint density at radius 3 is 2.65 bits per heavy atom. The maximum atomic E-state index is 13.7. The number of hydrogen-bond donors (Lipinski definition) is 1. The Morgan fingerprint density at radius 2 is 1.91 bits per heavy atom. The highest BCUT2D eigenvalue weighted by Gasteiger charge is 2.36. The third kappa shape index (κ3) is 4.71. The van der Waals surface area contributed by atoms with E-state index in [9.17, 15) is 33.3 Å². The number of nitrogens with one attached hydrogen (secondary N) is 1. The minimum absolute atomic E-state index is 0.0381. The highest BCUT2D eigenvalue weighted by Crippen LogP contribution is 2.33. The van der Waals surface area contributed by atoms with E-state index in [0.717, 1.165) is 12.1 Å². The summed E-state index contributed by atoms with van der Waals surface area (Å²) in [6, 6.07) is 11.8. The number of carbonyl (C=O) groups is 3. The van der Waals surface area contributed by atoms with Gasteiger partial charge in [0.25, 0.3) is 16.8 Å². The zero-order valence-electron chi connectivity index (χ0n) is 17.1. The van der Waals surface area contributed by atoms with E-state index in [1.54, 1.807) is 29.0 Å². The first-order valence-corrected chi connectivity index (χ1v) is 10.5. The molecule has 0 aliphatic carbocycles. The van der Waals surface area contributed by atoms with Crippen LogP contribution in [0.3, 0.4) is 0 Å². The molecule has 34 heavy (non-hydrogen) atoms. The van der Waals surface area contributed by atoms with E-state index in [1.807, 2.05) is 0 Å². The second-order valence-electron chi connectivity index (χ2n) is 7.02. The number of non-ortho nitro benzene ring substituents is 1. The topological polar surface area (TPSA) is 115 Å². The minimum Gasteiger partial charge on any atom is -0.322 e. The zero-order chi connectivity index (χ0) is 24.4. The molecule has 12 heteroatoms. The SMILES string of the molecule is O=C(CN1C(=O)SC(=Cc2cccn2-c2cccc([N+](=O)[O-])c2)C1=O)Nc1ccc(F)cc1F. The van der Waals surface area contributed by atoms with Crippen LogP contribution in [0.1, 0.15) is 5.69 Å². The molecule has 3 amide bonds. The molecule has 0 saturated carbocycles. The number of nitrogens with zero attached hydrogens (tertiary/aromatic N) is 3. The van der Waals surface area contributed by atoms with Gasteiger partial charge in [-0.3, -0.25) is 29.4 Å². The molecular weight excluding hydrogens is 470 g/mol. The molecule has 2 aromatic carbocycles. The van der Waals surface area contributed by atoms with Crippen molar-refractivity contribution in [1.82, 2.24) is 9.47 Å². The van der Waals surface area contributed by atoms with Crippen molar-refractivity contribution >= 4 is 46.3 Å². The van der Waals surface area contributed by atoms with E-state index in [2.05, 4.69) is 5.32 Å². The fourth-order valence-corrected chi connectivity index (χ4v) is 4.02. The fraction of sp³-hybridized carbons (Fsp3) is 0.0455. The number of nitro groups is 1. The number of anilines is 1. The highest BCUT2D eigenvalue weighted by atomic mass is 32.2. The molecule has 172 valence electrons. The molecule has 1 aliphatic rings. The van der Waals surface area contributed by atoms with Gasteiger partial charge in [0.2, 0.25) is 5.91 Å². The molecule has 3 aromatic rings. The predicted molar refractivity (Wildman–Crippen MR) is 120 cm³/mol. The Morgan fingerprint density at radius 1 is 1.12 bits per heavy atom. The number of thioether (sulfide) groups is 1. The third-order valence-electron chi connectivity index (χ3n) is 4.76. The Labute approximate surface area is 194 Å². The van der Waals surface area contributed by atoms with Crippen molar-refractivity contribution in [3.05, 3.63) is 93.1 Å². The van der Waals surface area contributed by atoms with Crippen LogP contribution in [-0.2, 0) is 9.59 Å². The summed E-state index contributed by atoms with van der Waals surface area (Å²) in [5.74, 6) is -3.38. The van der Waals surface area contributed by atoms with Gasteiger partial charge in [0.1, 0.15) is 18.2 Å². The van der Waals surface area contributed by atoms with Gasteiger partial charge in [-0.25, -0.2) is 8.78 Å². The van der Waals surface area contributed by atoms with Gasteiger partial charge in [-0.15, -0.1) is 0 Å². The Kier molecular flexibility index (Phi) is 6.23. The first-order chi connectivity index (χ1) is 16.2. The summed E-state index contributed by atoms with van der Waals surface area (Å²) < 4.78 is 28.4. The van der Waals surface area contributed by atoms with Gasteiger partial charge in [0.05, 0.1) is 21.2 Å². The number of aromatic nitrogens is 1. The van der Waals surface area contributed by atoms with Crippen molar-refractivity contribution in [3.63, 3.8) is 0 Å². The molecular formula is C22H14F2N4O5S. The lowest BCUT2D eigenvalue weighted by atomic mass is 10.2. The number of amides is 3. The van der Waals surface area contributed by atoms with Gasteiger partial charge < -0.3 is 9.88 Å². The molecule has 1 aromatic heterocycles. The average Bonchev–Trinajstić information content (AvgIpc) is 3.36.